The molecule has 0 radical (unpaired) electrons. The van der Waals surface area contributed by atoms with Crippen LogP contribution in [0.3, 0.4) is 0 Å². The molecular weight excluding hydrogens is 142 g/mol. The molecule has 0 aliphatic rings. The fraction of sp³-hybridized carbons (Fsp3) is 0. The van der Waals surface area contributed by atoms with E-state index in [-0.39, 0.29) is 6.70 Å². The summed E-state index contributed by atoms with van der Waals surface area (Å²) in [4.78, 5) is 0. The topological polar surface area (TPSA) is 20.2 Å². The Bertz CT molecular complexity index is 216. The molecule has 0 spiro atoms. The second-order valence-corrected chi connectivity index (χ2v) is 3.13. The van der Waals surface area contributed by atoms with Gasteiger partial charge in [0, 0.05) is 7.06 Å². The van der Waals surface area contributed by atoms with E-state index in [0.29, 0.717) is 0 Å². The summed E-state index contributed by atoms with van der Waals surface area (Å²) in [7, 11) is 4.83. The Hall–Kier alpha value is -0.495. The third-order valence-corrected chi connectivity index (χ3v) is 1.94. The van der Waals surface area contributed by atoms with E-state index in [1.165, 1.54) is 5.46 Å². The van der Waals surface area contributed by atoms with Gasteiger partial charge in [-0.25, -0.2) is 0 Å². The minimum atomic E-state index is -0.169. The molecule has 0 atom stereocenters. The van der Waals surface area contributed by atoms with Gasteiger partial charge in [0.25, 0.3) is 0 Å². The van der Waals surface area contributed by atoms with Crippen molar-refractivity contribution >= 4 is 41.2 Å². The van der Waals surface area contributed by atoms with E-state index in [4.69, 9.17) is 0 Å². The Morgan fingerprint density at radius 3 is 2.50 bits per heavy atom. The van der Waals surface area contributed by atoms with Gasteiger partial charge in [0.15, 0.2) is 7.17 Å². The second-order valence-electron chi connectivity index (χ2n) is 3.13. The first-order valence-corrected chi connectivity index (χ1v) is 4.55. The van der Waals surface area contributed by atoms with Gasteiger partial charge in [-0.15, -0.1) is 0 Å². The summed E-state index contributed by atoms with van der Waals surface area (Å²) in [5.74, 6) is 0. The van der Waals surface area contributed by atoms with Gasteiger partial charge >= 0.3 is 0 Å². The summed E-state index contributed by atoms with van der Waals surface area (Å²) in [6, 6.07) is 10.1. The highest BCUT2D eigenvalue weighted by Gasteiger charge is 2.11. The summed E-state index contributed by atoms with van der Waals surface area (Å²) in [5, 5.41) is 9.50. The van der Waals surface area contributed by atoms with Gasteiger partial charge in [-0.05, 0) is 0 Å². The van der Waals surface area contributed by atoms with Gasteiger partial charge in [0.1, 0.15) is 0 Å². The number of benzene rings is 1. The van der Waals surface area contributed by atoms with Crippen LogP contribution < -0.4 is 5.46 Å². The van der Waals surface area contributed by atoms with Crippen molar-refractivity contribution < 1.29 is 5.02 Å². The first kappa shape index (κ1) is 9.59. The summed E-state index contributed by atoms with van der Waals surface area (Å²) in [5.41, 5.74) is 1.22. The SMILES string of the molecule is BBBB(O)Bc1ccccc1. The Morgan fingerprint density at radius 1 is 1.25 bits per heavy atom. The van der Waals surface area contributed by atoms with Crippen LogP contribution in [0.2, 0.25) is 0 Å². The first-order valence-electron chi connectivity index (χ1n) is 4.55. The van der Waals surface area contributed by atoms with E-state index in [1.807, 2.05) is 18.2 Å². The van der Waals surface area contributed by atoms with Crippen LogP contribution in [0.25, 0.3) is 0 Å². The van der Waals surface area contributed by atoms with Gasteiger partial charge in [0.05, 0.1) is 14.8 Å². The molecule has 0 aliphatic carbocycles. The highest BCUT2D eigenvalue weighted by Crippen LogP contribution is 1.81. The molecule has 0 fully saturated rings. The van der Waals surface area contributed by atoms with Gasteiger partial charge in [-0.2, -0.15) is 0 Å². The zero-order valence-electron chi connectivity index (χ0n) is 7.53. The molecule has 0 unspecified atom stereocenters. The minimum Gasteiger partial charge on any atom is -0.468 e. The van der Waals surface area contributed by atoms with Crippen LogP contribution in [-0.2, 0) is 0 Å². The molecule has 0 amide bonds. The van der Waals surface area contributed by atoms with Crippen molar-refractivity contribution in [3.8, 4) is 0 Å². The zero-order chi connectivity index (χ0) is 8.81. The molecule has 1 aromatic rings. The molecule has 1 aromatic carbocycles. The predicted octanol–water partition coefficient (Wildman–Crippen LogP) is -2.94. The monoisotopic (exact) mass is 154 g/mol. The molecule has 0 saturated carbocycles. The average molecular weight is 153 g/mol. The Morgan fingerprint density at radius 2 is 1.92 bits per heavy atom. The molecule has 0 saturated heterocycles. The maximum absolute atomic E-state index is 9.50. The molecule has 1 rings (SSSR count). The lowest BCUT2D eigenvalue weighted by Gasteiger charge is -2.01. The molecule has 0 aliphatic heterocycles. The van der Waals surface area contributed by atoms with Crippen molar-refractivity contribution in [2.45, 2.75) is 0 Å². The quantitative estimate of drug-likeness (QED) is 0.459. The van der Waals surface area contributed by atoms with E-state index in [9.17, 15) is 5.02 Å². The average Bonchev–Trinajstić information content (AvgIpc) is 2.06. The van der Waals surface area contributed by atoms with Gasteiger partial charge < -0.3 is 5.02 Å². The lowest BCUT2D eigenvalue weighted by atomic mass is 9.00. The fourth-order valence-electron chi connectivity index (χ4n) is 1.32. The molecule has 1 nitrogen and oxygen atoms in total. The van der Waals surface area contributed by atoms with Crippen molar-refractivity contribution in [2.24, 2.45) is 0 Å². The summed E-state index contributed by atoms with van der Waals surface area (Å²) in [6.07, 6.45) is 0. The minimum absolute atomic E-state index is 0.169. The lowest BCUT2D eigenvalue weighted by molar-refractivity contribution is 0.613. The zero-order valence-corrected chi connectivity index (χ0v) is 7.53. The molecule has 0 heterocycles. The molecule has 0 bridgehead atoms. The van der Waals surface area contributed by atoms with Crippen LogP contribution in [0.5, 0.6) is 0 Å². The maximum Gasteiger partial charge on any atom is 0.206 e. The highest BCUT2D eigenvalue weighted by atomic mass is 16.2. The van der Waals surface area contributed by atoms with Crippen LogP contribution in [0.4, 0.5) is 0 Å². The number of hydrogen-bond acceptors (Lipinski definition) is 1. The van der Waals surface area contributed by atoms with Gasteiger partial charge in [0.2, 0.25) is 6.70 Å². The molecular formula is C6H11B5O. The molecule has 56 valence electrons. The van der Waals surface area contributed by atoms with E-state index < -0.39 is 0 Å². The highest BCUT2D eigenvalue weighted by molar-refractivity contribution is 7.56. The molecule has 12 heavy (non-hydrogen) atoms. The third-order valence-electron chi connectivity index (χ3n) is 1.94. The summed E-state index contributed by atoms with van der Waals surface area (Å²) < 4.78 is 0. The van der Waals surface area contributed by atoms with Crippen molar-refractivity contribution in [3.05, 3.63) is 30.3 Å². The van der Waals surface area contributed by atoms with E-state index >= 15 is 0 Å². The summed E-state index contributed by atoms with van der Waals surface area (Å²) in [6.45, 7) is -0.169. The Balaban J connectivity index is 2.41. The van der Waals surface area contributed by atoms with Crippen LogP contribution in [0.15, 0.2) is 30.3 Å². The molecule has 6 heteroatoms. The van der Waals surface area contributed by atoms with Crippen molar-refractivity contribution in [1.29, 1.82) is 0 Å². The predicted molar refractivity (Wildman–Crippen MR) is 64.0 cm³/mol. The Labute approximate surface area is 77.1 Å². The van der Waals surface area contributed by atoms with Crippen LogP contribution in [0.1, 0.15) is 0 Å². The largest absolute Gasteiger partial charge is 0.468 e. The van der Waals surface area contributed by atoms with E-state index in [2.05, 4.69) is 19.9 Å². The van der Waals surface area contributed by atoms with E-state index in [1.54, 1.807) is 0 Å². The molecule has 1 N–H and O–H groups in total. The normalized spacial score (nSPS) is 8.75. The standard InChI is InChI=1S/C6H11B5O/c7-9-10-11(12)8-6-4-2-1-3-5-6/h1-5,8-10,12H,7H2. The first-order chi connectivity index (χ1) is 5.83. The van der Waals surface area contributed by atoms with Gasteiger partial charge in [-0.3, -0.25) is 0 Å². The van der Waals surface area contributed by atoms with Crippen molar-refractivity contribution in [3.63, 3.8) is 0 Å². The van der Waals surface area contributed by atoms with Crippen molar-refractivity contribution in [2.75, 3.05) is 0 Å². The lowest BCUT2D eigenvalue weighted by Crippen LogP contribution is -2.40. The Kier molecular flexibility index (Phi) is 4.16. The van der Waals surface area contributed by atoms with E-state index in [0.717, 1.165) is 21.3 Å². The smallest absolute Gasteiger partial charge is 0.206 e. The van der Waals surface area contributed by atoms with Gasteiger partial charge in [-0.1, -0.05) is 35.8 Å². The number of hydrogen-bond donors (Lipinski definition) is 1. The maximum atomic E-state index is 9.50. The molecule has 0 aromatic heterocycles. The third kappa shape index (κ3) is 3.27. The van der Waals surface area contributed by atoms with Crippen LogP contribution >= 0.6 is 0 Å². The van der Waals surface area contributed by atoms with Crippen molar-refractivity contribution in [1.82, 2.24) is 0 Å². The fourth-order valence-corrected chi connectivity index (χ4v) is 1.32. The summed E-state index contributed by atoms with van der Waals surface area (Å²) >= 11 is 0. The second kappa shape index (κ2) is 5.20. The number of rotatable bonds is 4. The van der Waals surface area contributed by atoms with Crippen LogP contribution in [-0.4, -0.2) is 40.8 Å². The van der Waals surface area contributed by atoms with Crippen LogP contribution in [0, 0.1) is 0 Å².